The fraction of sp³-hybridized carbons (Fsp3) is 0.207. The first-order valence-electron chi connectivity index (χ1n) is 11.7. The van der Waals surface area contributed by atoms with Gasteiger partial charge in [-0.15, -0.1) is 0 Å². The summed E-state index contributed by atoms with van der Waals surface area (Å²) in [5.74, 6) is -0.566. The Kier molecular flexibility index (Phi) is 7.44. The van der Waals surface area contributed by atoms with Crippen LogP contribution in [0.2, 0.25) is 0 Å². The molecule has 0 radical (unpaired) electrons. The molecule has 0 aromatic heterocycles. The monoisotopic (exact) mass is 498 g/mol. The van der Waals surface area contributed by atoms with Crippen LogP contribution < -0.4 is 19.1 Å². The van der Waals surface area contributed by atoms with E-state index in [0.717, 1.165) is 6.42 Å². The summed E-state index contributed by atoms with van der Waals surface area (Å²) in [5, 5.41) is 20.6. The number of hydrogen-bond donors (Lipinski definition) is 1. The van der Waals surface area contributed by atoms with Gasteiger partial charge in [0.1, 0.15) is 23.0 Å². The molecular weight excluding hydrogens is 472 g/mol. The number of benzene rings is 3. The van der Waals surface area contributed by atoms with Crippen LogP contribution in [-0.2, 0) is 9.59 Å². The third-order valence-corrected chi connectivity index (χ3v) is 6.05. The molecule has 8 nitrogen and oxygen atoms in total. The summed E-state index contributed by atoms with van der Waals surface area (Å²) in [7, 11) is 2.94. The molecule has 3 aromatic carbocycles. The number of nitriles is 1. The number of aliphatic hydroxyl groups is 1. The van der Waals surface area contributed by atoms with E-state index in [0.29, 0.717) is 34.9 Å². The Morgan fingerprint density at radius 2 is 1.65 bits per heavy atom. The van der Waals surface area contributed by atoms with Crippen LogP contribution in [0, 0.1) is 11.3 Å². The van der Waals surface area contributed by atoms with Gasteiger partial charge in [-0.05, 0) is 60.5 Å². The van der Waals surface area contributed by atoms with Crippen LogP contribution in [-0.4, -0.2) is 37.6 Å². The minimum absolute atomic E-state index is 0.0833. The van der Waals surface area contributed by atoms with Crippen molar-refractivity contribution in [3.05, 3.63) is 89.0 Å². The fourth-order valence-electron chi connectivity index (χ4n) is 4.22. The van der Waals surface area contributed by atoms with E-state index in [4.69, 9.17) is 14.2 Å². The lowest BCUT2D eigenvalue weighted by molar-refractivity contribution is -0.132. The third kappa shape index (κ3) is 4.84. The number of carbonyl (C=O) groups is 2. The number of methoxy groups -OCH3 is 2. The van der Waals surface area contributed by atoms with E-state index in [1.807, 2.05) is 13.0 Å². The topological polar surface area (TPSA) is 109 Å². The number of ketones is 1. The Bertz CT molecular complexity index is 1390. The predicted octanol–water partition coefficient (Wildman–Crippen LogP) is 4.99. The van der Waals surface area contributed by atoms with Gasteiger partial charge in [0, 0.05) is 11.8 Å². The second kappa shape index (κ2) is 10.9. The standard InChI is InChI=1S/C29H26N2O6/c1-4-15-37-21-11-7-19(8-12-21)26-25(27(32)23-14-13-22(35-2)16-24(23)36-3)28(33)29(34)31(26)20-9-5-18(17-30)6-10-20/h5-14,16,26,32H,4,15H2,1-3H3/b27-25-. The van der Waals surface area contributed by atoms with Crippen molar-refractivity contribution in [1.29, 1.82) is 5.26 Å². The van der Waals surface area contributed by atoms with Crippen LogP contribution in [0.5, 0.6) is 17.2 Å². The average molecular weight is 499 g/mol. The molecule has 188 valence electrons. The Hall–Kier alpha value is -4.77. The summed E-state index contributed by atoms with van der Waals surface area (Å²) in [6.07, 6.45) is 0.851. The van der Waals surface area contributed by atoms with Gasteiger partial charge < -0.3 is 19.3 Å². The third-order valence-electron chi connectivity index (χ3n) is 6.05. The smallest absolute Gasteiger partial charge is 0.300 e. The molecule has 0 aliphatic carbocycles. The van der Waals surface area contributed by atoms with Crippen molar-refractivity contribution in [3.8, 4) is 23.3 Å². The number of Topliss-reactive ketones (excluding diaryl/α,β-unsaturated/α-hetero) is 1. The number of hydrogen-bond acceptors (Lipinski definition) is 7. The van der Waals surface area contributed by atoms with Crippen molar-refractivity contribution in [3.63, 3.8) is 0 Å². The summed E-state index contributed by atoms with van der Waals surface area (Å²) < 4.78 is 16.3. The van der Waals surface area contributed by atoms with E-state index in [9.17, 15) is 20.0 Å². The number of amides is 1. The van der Waals surface area contributed by atoms with Gasteiger partial charge in [0.2, 0.25) is 0 Å². The van der Waals surface area contributed by atoms with Gasteiger partial charge in [-0.2, -0.15) is 5.26 Å². The van der Waals surface area contributed by atoms with Gasteiger partial charge in [-0.1, -0.05) is 19.1 Å². The zero-order chi connectivity index (χ0) is 26.5. The Morgan fingerprint density at radius 1 is 0.973 bits per heavy atom. The molecule has 4 rings (SSSR count). The molecule has 3 aromatic rings. The zero-order valence-corrected chi connectivity index (χ0v) is 20.7. The normalized spacial score (nSPS) is 16.4. The maximum absolute atomic E-state index is 13.4. The second-order valence-electron chi connectivity index (χ2n) is 8.31. The molecule has 1 heterocycles. The van der Waals surface area contributed by atoms with Gasteiger partial charge in [0.25, 0.3) is 11.7 Å². The van der Waals surface area contributed by atoms with E-state index in [-0.39, 0.29) is 22.6 Å². The van der Waals surface area contributed by atoms with Crippen LogP contribution in [0.15, 0.2) is 72.3 Å². The summed E-state index contributed by atoms with van der Waals surface area (Å²) in [5.41, 5.74) is 1.59. The predicted molar refractivity (Wildman–Crippen MR) is 138 cm³/mol. The Morgan fingerprint density at radius 3 is 2.24 bits per heavy atom. The van der Waals surface area contributed by atoms with Crippen LogP contribution in [0.25, 0.3) is 5.76 Å². The molecule has 1 unspecified atom stereocenters. The van der Waals surface area contributed by atoms with Crippen molar-refractivity contribution in [2.75, 3.05) is 25.7 Å². The number of carbonyl (C=O) groups excluding carboxylic acids is 2. The minimum Gasteiger partial charge on any atom is -0.507 e. The van der Waals surface area contributed by atoms with E-state index >= 15 is 0 Å². The minimum atomic E-state index is -0.931. The highest BCUT2D eigenvalue weighted by molar-refractivity contribution is 6.51. The van der Waals surface area contributed by atoms with Crippen molar-refractivity contribution in [2.45, 2.75) is 19.4 Å². The number of aliphatic hydroxyl groups excluding tert-OH is 1. The lowest BCUT2D eigenvalue weighted by Crippen LogP contribution is -2.29. The Labute approximate surface area is 214 Å². The molecule has 1 aliphatic rings. The highest BCUT2D eigenvalue weighted by Crippen LogP contribution is 2.44. The van der Waals surface area contributed by atoms with Crippen molar-refractivity contribution in [1.82, 2.24) is 0 Å². The van der Waals surface area contributed by atoms with Crippen molar-refractivity contribution >= 4 is 23.1 Å². The molecule has 0 spiro atoms. The number of nitrogens with zero attached hydrogens (tertiary/aromatic N) is 2. The van der Waals surface area contributed by atoms with Gasteiger partial charge >= 0.3 is 0 Å². The molecule has 0 bridgehead atoms. The lowest BCUT2D eigenvalue weighted by Gasteiger charge is -2.26. The maximum Gasteiger partial charge on any atom is 0.300 e. The van der Waals surface area contributed by atoms with Crippen molar-refractivity contribution in [2.24, 2.45) is 0 Å². The van der Waals surface area contributed by atoms with E-state index in [1.54, 1.807) is 66.7 Å². The first-order valence-corrected chi connectivity index (χ1v) is 11.7. The zero-order valence-electron chi connectivity index (χ0n) is 20.7. The molecule has 8 heteroatoms. The van der Waals surface area contributed by atoms with Crippen LogP contribution in [0.4, 0.5) is 5.69 Å². The highest BCUT2D eigenvalue weighted by atomic mass is 16.5. The van der Waals surface area contributed by atoms with Crippen LogP contribution in [0.3, 0.4) is 0 Å². The quantitative estimate of drug-likeness (QED) is 0.265. The van der Waals surface area contributed by atoms with E-state index in [1.165, 1.54) is 19.1 Å². The molecule has 0 saturated carbocycles. The van der Waals surface area contributed by atoms with Gasteiger partial charge in [-0.25, -0.2) is 0 Å². The molecule has 1 N–H and O–H groups in total. The number of rotatable bonds is 8. The molecular formula is C29H26N2O6. The van der Waals surface area contributed by atoms with E-state index < -0.39 is 17.7 Å². The van der Waals surface area contributed by atoms with Gasteiger partial charge in [-0.3, -0.25) is 14.5 Å². The Balaban J connectivity index is 1.90. The molecule has 1 aliphatic heterocycles. The molecule has 1 fully saturated rings. The summed E-state index contributed by atoms with van der Waals surface area (Å²) in [6.45, 7) is 2.56. The summed E-state index contributed by atoms with van der Waals surface area (Å²) in [6, 6.07) is 19.3. The highest BCUT2D eigenvalue weighted by Gasteiger charge is 2.47. The average Bonchev–Trinajstić information content (AvgIpc) is 3.21. The number of ether oxygens (including phenoxy) is 3. The largest absolute Gasteiger partial charge is 0.507 e. The first-order chi connectivity index (χ1) is 17.9. The van der Waals surface area contributed by atoms with Gasteiger partial charge in [0.05, 0.1) is 49.6 Å². The summed E-state index contributed by atoms with van der Waals surface area (Å²) >= 11 is 0. The molecule has 37 heavy (non-hydrogen) atoms. The lowest BCUT2D eigenvalue weighted by atomic mass is 9.94. The second-order valence-corrected chi connectivity index (χ2v) is 8.31. The molecule has 1 saturated heterocycles. The van der Waals surface area contributed by atoms with Crippen molar-refractivity contribution < 1.29 is 28.9 Å². The van der Waals surface area contributed by atoms with Gasteiger partial charge in [0.15, 0.2) is 0 Å². The maximum atomic E-state index is 13.4. The first kappa shape index (κ1) is 25.3. The number of anilines is 1. The van der Waals surface area contributed by atoms with Crippen LogP contribution >= 0.6 is 0 Å². The fourth-order valence-corrected chi connectivity index (χ4v) is 4.22. The molecule has 1 atom stereocenters. The van der Waals surface area contributed by atoms with E-state index in [2.05, 4.69) is 0 Å². The summed E-state index contributed by atoms with van der Waals surface area (Å²) in [4.78, 5) is 28.1. The van der Waals surface area contributed by atoms with Crippen LogP contribution in [0.1, 0.15) is 36.1 Å². The molecule has 1 amide bonds. The SMILES string of the molecule is CCCOc1ccc(C2/C(=C(/O)c3ccc(OC)cc3OC)C(=O)C(=O)N2c2ccc(C#N)cc2)cc1.